The van der Waals surface area contributed by atoms with Gasteiger partial charge < -0.3 is 4.90 Å². The van der Waals surface area contributed by atoms with Gasteiger partial charge in [0.05, 0.1) is 18.3 Å². The second-order valence-corrected chi connectivity index (χ2v) is 9.41. The Morgan fingerprint density at radius 1 is 1.00 bits per heavy atom. The first kappa shape index (κ1) is 20.2. The minimum absolute atomic E-state index is 0.00748. The molecule has 2 heterocycles. The van der Waals surface area contributed by atoms with Crippen molar-refractivity contribution in [2.45, 2.75) is 11.3 Å². The summed E-state index contributed by atoms with van der Waals surface area (Å²) in [6.07, 6.45) is 0. The first-order valence-corrected chi connectivity index (χ1v) is 11.0. The monoisotopic (exact) mass is 423 g/mol. The van der Waals surface area contributed by atoms with Gasteiger partial charge in [-0.25, -0.2) is 17.2 Å². The van der Waals surface area contributed by atoms with Crippen LogP contribution in [0.2, 0.25) is 0 Å². The average molecular weight is 423 g/mol. The molecule has 29 heavy (non-hydrogen) atoms. The summed E-state index contributed by atoms with van der Waals surface area (Å²) in [5.74, 6) is -0.738. The largest absolute Gasteiger partial charge is 0.367 e. The number of anilines is 1. The van der Waals surface area contributed by atoms with E-state index in [-0.39, 0.29) is 25.5 Å². The highest BCUT2D eigenvalue weighted by Crippen LogP contribution is 2.35. The van der Waals surface area contributed by atoms with Crippen molar-refractivity contribution in [3.8, 4) is 0 Å². The van der Waals surface area contributed by atoms with Crippen LogP contribution in [-0.4, -0.2) is 62.9 Å². The van der Waals surface area contributed by atoms with Gasteiger partial charge in [-0.1, -0.05) is 24.3 Å². The van der Waals surface area contributed by atoms with E-state index in [2.05, 4.69) is 0 Å². The second kappa shape index (κ2) is 7.98. The molecular weight excluding hydrogens is 400 g/mol. The summed E-state index contributed by atoms with van der Waals surface area (Å²) >= 11 is 0. The van der Waals surface area contributed by atoms with Crippen molar-refractivity contribution < 1.29 is 22.0 Å². The number of nitrogens with zero attached hydrogens (tertiary/aromatic N) is 3. The zero-order valence-corrected chi connectivity index (χ0v) is 16.9. The fourth-order valence-corrected chi connectivity index (χ4v) is 5.99. The van der Waals surface area contributed by atoms with Gasteiger partial charge in [0, 0.05) is 33.2 Å². The van der Waals surface area contributed by atoms with E-state index in [9.17, 15) is 17.2 Å². The van der Waals surface area contributed by atoms with E-state index >= 15 is 0 Å². The van der Waals surface area contributed by atoms with Crippen LogP contribution in [-0.2, 0) is 14.9 Å². The van der Waals surface area contributed by atoms with Gasteiger partial charge in [0.2, 0.25) is 10.0 Å². The van der Waals surface area contributed by atoms with Crippen molar-refractivity contribution in [1.29, 1.82) is 0 Å². The molecule has 2 aliphatic rings. The molecule has 2 aromatic rings. The van der Waals surface area contributed by atoms with Gasteiger partial charge in [-0.15, -0.1) is 0 Å². The Kier molecular flexibility index (Phi) is 5.56. The van der Waals surface area contributed by atoms with Crippen LogP contribution in [0.4, 0.5) is 14.5 Å². The normalized spacial score (nSPS) is 24.2. The molecule has 9 heteroatoms. The Labute approximate surface area is 169 Å². The minimum Gasteiger partial charge on any atom is -0.367 e. The number of hydroxylamine groups is 2. The number of benzene rings is 2. The SMILES string of the molecule is CN1OC[C@H](S(=O)(=O)N2CCN(c3ccccc3F)CC2)[C@@H]1c1cccc(F)c1. The maximum atomic E-state index is 14.0. The highest BCUT2D eigenvalue weighted by molar-refractivity contribution is 7.89. The van der Waals surface area contributed by atoms with Crippen LogP contribution in [0.3, 0.4) is 0 Å². The lowest BCUT2D eigenvalue weighted by molar-refractivity contribution is -0.110. The molecule has 2 saturated heterocycles. The molecule has 0 radical (unpaired) electrons. The molecule has 0 unspecified atom stereocenters. The van der Waals surface area contributed by atoms with Crippen molar-refractivity contribution in [2.75, 3.05) is 44.7 Å². The van der Waals surface area contributed by atoms with Crippen molar-refractivity contribution in [3.63, 3.8) is 0 Å². The highest BCUT2D eigenvalue weighted by Gasteiger charge is 2.46. The van der Waals surface area contributed by atoms with Crippen LogP contribution in [0.15, 0.2) is 48.5 Å². The molecule has 2 fully saturated rings. The standard InChI is InChI=1S/C20H23F2N3O3S/c1-23-20(15-5-4-6-16(21)13-15)19(14-28-23)29(26,27)25-11-9-24(10-12-25)18-8-3-2-7-17(18)22/h2-8,13,19-20H,9-12,14H2,1H3/t19-,20-/m0/s1. The third-order valence-electron chi connectivity index (χ3n) is 5.55. The number of para-hydroxylation sites is 1. The summed E-state index contributed by atoms with van der Waals surface area (Å²) < 4.78 is 55.9. The number of sulfonamides is 1. The molecule has 6 nitrogen and oxygen atoms in total. The Bertz CT molecular complexity index is 980. The van der Waals surface area contributed by atoms with Crippen LogP contribution < -0.4 is 4.90 Å². The van der Waals surface area contributed by atoms with Gasteiger partial charge in [0.1, 0.15) is 16.9 Å². The smallest absolute Gasteiger partial charge is 0.221 e. The third-order valence-corrected chi connectivity index (χ3v) is 7.79. The molecule has 0 amide bonds. The molecule has 0 aromatic heterocycles. The molecule has 2 aliphatic heterocycles. The summed E-state index contributed by atoms with van der Waals surface area (Å²) in [6.45, 7) is 1.31. The average Bonchev–Trinajstić information content (AvgIpc) is 3.11. The molecule has 2 aromatic carbocycles. The van der Waals surface area contributed by atoms with E-state index in [1.165, 1.54) is 27.6 Å². The van der Waals surface area contributed by atoms with Gasteiger partial charge >= 0.3 is 0 Å². The lowest BCUT2D eigenvalue weighted by atomic mass is 10.0. The fraction of sp³-hybridized carbons (Fsp3) is 0.400. The Hall–Kier alpha value is -2.07. The number of halogens is 2. The van der Waals surface area contributed by atoms with Gasteiger partial charge in [0.25, 0.3) is 0 Å². The summed E-state index contributed by atoms with van der Waals surface area (Å²) in [7, 11) is -2.04. The van der Waals surface area contributed by atoms with Gasteiger partial charge in [-0.3, -0.25) is 4.84 Å². The first-order chi connectivity index (χ1) is 13.9. The van der Waals surface area contributed by atoms with Gasteiger partial charge in [-0.05, 0) is 29.8 Å². The number of rotatable bonds is 4. The van der Waals surface area contributed by atoms with Crippen molar-refractivity contribution in [1.82, 2.24) is 9.37 Å². The highest BCUT2D eigenvalue weighted by atomic mass is 32.2. The second-order valence-electron chi connectivity index (χ2n) is 7.26. The lowest BCUT2D eigenvalue weighted by Gasteiger charge is -2.37. The predicted molar refractivity (Wildman–Crippen MR) is 106 cm³/mol. The number of hydrogen-bond donors (Lipinski definition) is 0. The predicted octanol–water partition coefficient (Wildman–Crippen LogP) is 2.40. The minimum atomic E-state index is -3.70. The van der Waals surface area contributed by atoms with Crippen LogP contribution in [0.1, 0.15) is 11.6 Å². The molecule has 2 atom stereocenters. The van der Waals surface area contributed by atoms with Crippen molar-refractivity contribution >= 4 is 15.7 Å². The zero-order valence-electron chi connectivity index (χ0n) is 16.0. The lowest BCUT2D eigenvalue weighted by Crippen LogP contribution is -2.52. The summed E-state index contributed by atoms with van der Waals surface area (Å²) in [5, 5.41) is 0.640. The van der Waals surface area contributed by atoms with Crippen LogP contribution in [0.25, 0.3) is 0 Å². The quantitative estimate of drug-likeness (QED) is 0.756. The van der Waals surface area contributed by atoms with Crippen molar-refractivity contribution in [2.24, 2.45) is 0 Å². The molecule has 0 bridgehead atoms. The first-order valence-electron chi connectivity index (χ1n) is 9.47. The number of hydrogen-bond acceptors (Lipinski definition) is 5. The van der Waals surface area contributed by atoms with Crippen molar-refractivity contribution in [3.05, 3.63) is 65.7 Å². The van der Waals surface area contributed by atoms with E-state index in [4.69, 9.17) is 4.84 Å². The topological polar surface area (TPSA) is 53.1 Å². The van der Waals surface area contributed by atoms with E-state index in [1.807, 2.05) is 4.90 Å². The van der Waals surface area contributed by atoms with E-state index in [1.54, 1.807) is 37.4 Å². The fourth-order valence-electron chi connectivity index (χ4n) is 4.04. The zero-order chi connectivity index (χ0) is 20.6. The molecule has 0 aliphatic carbocycles. The molecule has 0 spiro atoms. The maximum Gasteiger partial charge on any atom is 0.221 e. The van der Waals surface area contributed by atoms with Crippen LogP contribution in [0, 0.1) is 11.6 Å². The summed E-state index contributed by atoms with van der Waals surface area (Å²) in [5.41, 5.74) is 1.04. The Morgan fingerprint density at radius 2 is 1.72 bits per heavy atom. The number of piperazine rings is 1. The molecule has 0 saturated carbocycles. The van der Waals surface area contributed by atoms with E-state index < -0.39 is 27.1 Å². The molecule has 0 N–H and O–H groups in total. The van der Waals surface area contributed by atoms with Crippen LogP contribution >= 0.6 is 0 Å². The Balaban J connectivity index is 1.52. The molecule has 156 valence electrons. The summed E-state index contributed by atoms with van der Waals surface area (Å²) in [4.78, 5) is 7.35. The Morgan fingerprint density at radius 3 is 2.41 bits per heavy atom. The van der Waals surface area contributed by atoms with Crippen LogP contribution in [0.5, 0.6) is 0 Å². The molecule has 4 rings (SSSR count). The van der Waals surface area contributed by atoms with Gasteiger partial charge in [-0.2, -0.15) is 9.37 Å². The van der Waals surface area contributed by atoms with E-state index in [0.717, 1.165) is 0 Å². The van der Waals surface area contributed by atoms with Gasteiger partial charge in [0.15, 0.2) is 0 Å². The van der Waals surface area contributed by atoms with E-state index in [0.29, 0.717) is 24.3 Å². The third kappa shape index (κ3) is 3.87. The summed E-state index contributed by atoms with van der Waals surface area (Å²) in [6, 6.07) is 11.8. The maximum absolute atomic E-state index is 14.0. The molecular formula is C20H23F2N3O3S.